The summed E-state index contributed by atoms with van der Waals surface area (Å²) in [4.78, 5) is 11.8. The third kappa shape index (κ3) is 3.37. The van der Waals surface area contributed by atoms with Gasteiger partial charge in [0.25, 0.3) is 0 Å². The van der Waals surface area contributed by atoms with Crippen molar-refractivity contribution in [1.82, 2.24) is 0 Å². The zero-order valence-electron chi connectivity index (χ0n) is 10.7. The van der Waals surface area contributed by atoms with Crippen molar-refractivity contribution in [1.29, 1.82) is 0 Å². The quantitative estimate of drug-likeness (QED) is 0.562. The maximum absolute atomic E-state index is 11.8. The van der Waals surface area contributed by atoms with E-state index in [0.717, 1.165) is 5.56 Å². The molecule has 0 amide bonds. The molecule has 16 heavy (non-hydrogen) atoms. The van der Waals surface area contributed by atoms with E-state index in [-0.39, 0.29) is 17.3 Å². The smallest absolute Gasteiger partial charge is 0.314 e. The minimum absolute atomic E-state index is 0.0677. The van der Waals surface area contributed by atoms with Gasteiger partial charge in [0.2, 0.25) is 0 Å². The molecule has 1 rings (SSSR count). The molecule has 0 aromatic heterocycles. The molecule has 0 spiro atoms. The van der Waals surface area contributed by atoms with E-state index in [2.05, 4.69) is 0 Å². The second-order valence-electron chi connectivity index (χ2n) is 5.32. The number of esters is 1. The third-order valence-corrected chi connectivity index (χ3v) is 2.89. The van der Waals surface area contributed by atoms with Gasteiger partial charge >= 0.3 is 5.97 Å². The van der Waals surface area contributed by atoms with Crippen LogP contribution in [-0.4, -0.2) is 5.97 Å². The van der Waals surface area contributed by atoms with Gasteiger partial charge in [0.1, 0.15) is 5.75 Å². The zero-order chi connectivity index (χ0) is 12.3. The molecule has 1 aromatic rings. The minimum atomic E-state index is -0.170. The average Bonchev–Trinajstić information content (AvgIpc) is 2.19. The van der Waals surface area contributed by atoms with Crippen LogP contribution in [0.15, 0.2) is 24.3 Å². The van der Waals surface area contributed by atoms with Crippen LogP contribution < -0.4 is 4.74 Å². The van der Waals surface area contributed by atoms with Crippen molar-refractivity contribution in [3.05, 3.63) is 29.8 Å². The molecule has 2 nitrogen and oxygen atoms in total. The molecule has 0 radical (unpaired) electrons. The SMILES string of the molecule is Cc1ccc(OC(=O)C(C)C(C)(C)C)cc1. The number of hydrogen-bond donors (Lipinski definition) is 0. The Kier molecular flexibility index (Phi) is 3.74. The number of aryl methyl sites for hydroxylation is 1. The van der Waals surface area contributed by atoms with Crippen molar-refractivity contribution in [3.63, 3.8) is 0 Å². The largest absolute Gasteiger partial charge is 0.426 e. The molecule has 0 fully saturated rings. The summed E-state index contributed by atoms with van der Waals surface area (Å²) in [6.07, 6.45) is 0. The lowest BCUT2D eigenvalue weighted by Crippen LogP contribution is -2.29. The van der Waals surface area contributed by atoms with E-state index in [0.29, 0.717) is 5.75 Å². The first kappa shape index (κ1) is 12.8. The third-order valence-electron chi connectivity index (χ3n) is 2.89. The van der Waals surface area contributed by atoms with Gasteiger partial charge in [-0.3, -0.25) is 4.79 Å². The van der Waals surface area contributed by atoms with Gasteiger partial charge in [-0.15, -0.1) is 0 Å². The van der Waals surface area contributed by atoms with Crippen LogP contribution >= 0.6 is 0 Å². The molecule has 0 aliphatic rings. The highest BCUT2D eigenvalue weighted by Crippen LogP contribution is 2.27. The summed E-state index contributed by atoms with van der Waals surface area (Å²) >= 11 is 0. The van der Waals surface area contributed by atoms with Crippen molar-refractivity contribution in [2.45, 2.75) is 34.6 Å². The number of ether oxygens (including phenoxy) is 1. The summed E-state index contributed by atoms with van der Waals surface area (Å²) in [7, 11) is 0. The highest BCUT2D eigenvalue weighted by atomic mass is 16.5. The van der Waals surface area contributed by atoms with Crippen LogP contribution in [0.1, 0.15) is 33.3 Å². The van der Waals surface area contributed by atoms with Crippen LogP contribution in [0.25, 0.3) is 0 Å². The van der Waals surface area contributed by atoms with Gasteiger partial charge < -0.3 is 4.74 Å². The Labute approximate surface area is 97.6 Å². The summed E-state index contributed by atoms with van der Waals surface area (Å²) < 4.78 is 5.32. The van der Waals surface area contributed by atoms with E-state index in [1.807, 2.05) is 58.9 Å². The molecule has 88 valence electrons. The minimum Gasteiger partial charge on any atom is -0.426 e. The Balaban J connectivity index is 2.68. The predicted molar refractivity (Wildman–Crippen MR) is 65.4 cm³/mol. The highest BCUT2D eigenvalue weighted by molar-refractivity contribution is 5.75. The maximum atomic E-state index is 11.8. The standard InChI is InChI=1S/C14H20O2/c1-10-6-8-12(9-7-10)16-13(15)11(2)14(3,4)5/h6-9,11H,1-5H3. The van der Waals surface area contributed by atoms with Crippen molar-refractivity contribution in [3.8, 4) is 5.75 Å². The normalized spacial score (nSPS) is 13.3. The first-order valence-electron chi connectivity index (χ1n) is 5.59. The summed E-state index contributed by atoms with van der Waals surface area (Å²) in [6.45, 7) is 10.0. The van der Waals surface area contributed by atoms with Gasteiger partial charge in [-0.05, 0) is 24.5 Å². The molecule has 1 atom stereocenters. The lowest BCUT2D eigenvalue weighted by molar-refractivity contribution is -0.141. The molecular weight excluding hydrogens is 200 g/mol. The summed E-state index contributed by atoms with van der Waals surface area (Å²) in [5, 5.41) is 0. The van der Waals surface area contributed by atoms with E-state index in [9.17, 15) is 4.79 Å². The molecule has 2 heteroatoms. The summed E-state index contributed by atoms with van der Waals surface area (Å²) in [5.74, 6) is 0.330. The van der Waals surface area contributed by atoms with E-state index in [1.165, 1.54) is 0 Å². The lowest BCUT2D eigenvalue weighted by Gasteiger charge is -2.25. The van der Waals surface area contributed by atoms with Gasteiger partial charge in [0.15, 0.2) is 0 Å². The van der Waals surface area contributed by atoms with E-state index in [1.54, 1.807) is 0 Å². The van der Waals surface area contributed by atoms with Gasteiger partial charge in [0, 0.05) is 0 Å². The number of rotatable bonds is 2. The van der Waals surface area contributed by atoms with Crippen LogP contribution in [0.5, 0.6) is 5.75 Å². The number of benzene rings is 1. The molecule has 0 aliphatic heterocycles. The van der Waals surface area contributed by atoms with Crippen molar-refractivity contribution in [2.75, 3.05) is 0 Å². The van der Waals surface area contributed by atoms with Crippen molar-refractivity contribution < 1.29 is 9.53 Å². The molecule has 0 saturated heterocycles. The number of hydrogen-bond acceptors (Lipinski definition) is 2. The first-order valence-corrected chi connectivity index (χ1v) is 5.59. The van der Waals surface area contributed by atoms with Crippen LogP contribution in [-0.2, 0) is 4.79 Å². The molecule has 0 heterocycles. The number of carbonyl (C=O) groups excluding carboxylic acids is 1. The first-order chi connectivity index (χ1) is 7.30. The van der Waals surface area contributed by atoms with E-state index < -0.39 is 0 Å². The van der Waals surface area contributed by atoms with Crippen molar-refractivity contribution >= 4 is 5.97 Å². The van der Waals surface area contributed by atoms with Gasteiger partial charge in [-0.1, -0.05) is 45.4 Å². The molecule has 0 N–H and O–H groups in total. The second-order valence-corrected chi connectivity index (χ2v) is 5.32. The Hall–Kier alpha value is -1.31. The lowest BCUT2D eigenvalue weighted by atomic mass is 9.82. The van der Waals surface area contributed by atoms with Crippen LogP contribution in [0, 0.1) is 18.3 Å². The summed E-state index contributed by atoms with van der Waals surface area (Å²) in [6, 6.07) is 7.51. The Morgan fingerprint density at radius 1 is 1.19 bits per heavy atom. The molecular formula is C14H20O2. The molecule has 1 unspecified atom stereocenters. The van der Waals surface area contributed by atoms with Crippen LogP contribution in [0.2, 0.25) is 0 Å². The average molecular weight is 220 g/mol. The maximum Gasteiger partial charge on any atom is 0.314 e. The van der Waals surface area contributed by atoms with Gasteiger partial charge in [-0.2, -0.15) is 0 Å². The summed E-state index contributed by atoms with van der Waals surface area (Å²) in [5.41, 5.74) is 1.09. The van der Waals surface area contributed by atoms with E-state index in [4.69, 9.17) is 4.74 Å². The monoisotopic (exact) mass is 220 g/mol. The Morgan fingerprint density at radius 3 is 2.12 bits per heavy atom. The molecule has 0 saturated carbocycles. The second kappa shape index (κ2) is 4.69. The van der Waals surface area contributed by atoms with Crippen molar-refractivity contribution in [2.24, 2.45) is 11.3 Å². The number of carbonyl (C=O) groups is 1. The van der Waals surface area contributed by atoms with Crippen LogP contribution in [0.4, 0.5) is 0 Å². The molecule has 1 aromatic carbocycles. The Bertz CT molecular complexity index is 357. The fourth-order valence-corrected chi connectivity index (χ4v) is 1.16. The fraction of sp³-hybridized carbons (Fsp3) is 0.500. The van der Waals surface area contributed by atoms with Gasteiger partial charge in [0.05, 0.1) is 5.92 Å². The Morgan fingerprint density at radius 2 is 1.69 bits per heavy atom. The predicted octanol–water partition coefficient (Wildman–Crippen LogP) is 3.58. The van der Waals surface area contributed by atoms with E-state index >= 15 is 0 Å². The van der Waals surface area contributed by atoms with Gasteiger partial charge in [-0.25, -0.2) is 0 Å². The molecule has 0 aliphatic carbocycles. The fourth-order valence-electron chi connectivity index (χ4n) is 1.16. The highest BCUT2D eigenvalue weighted by Gasteiger charge is 2.28. The zero-order valence-corrected chi connectivity index (χ0v) is 10.7. The molecule has 0 bridgehead atoms. The van der Waals surface area contributed by atoms with Crippen LogP contribution in [0.3, 0.4) is 0 Å². The topological polar surface area (TPSA) is 26.3 Å².